The van der Waals surface area contributed by atoms with Crippen LogP contribution in [0.4, 0.5) is 4.39 Å². The van der Waals surface area contributed by atoms with Gasteiger partial charge >= 0.3 is 0 Å². The van der Waals surface area contributed by atoms with Gasteiger partial charge in [0.25, 0.3) is 5.56 Å². The summed E-state index contributed by atoms with van der Waals surface area (Å²) in [6, 6.07) is 4.89. The number of nitrogens with zero attached hydrogens (tertiary/aromatic N) is 1. The highest BCUT2D eigenvalue weighted by molar-refractivity contribution is 9.10. The summed E-state index contributed by atoms with van der Waals surface area (Å²) in [5.74, 6) is -0.335. The maximum atomic E-state index is 13.6. The van der Waals surface area contributed by atoms with E-state index in [4.69, 9.17) is 5.73 Å². The molecule has 0 aliphatic heterocycles. The molecule has 2 N–H and O–H groups in total. The number of hydrogen-bond acceptors (Lipinski definition) is 2. The number of rotatable bonds is 2. The standard InChI is InChI=1S/C13H12BrFN2O/c14-10-5-12-9(4-11(10)15)7(6-16)3-13(18)17(12)8-1-2-8/h3-5,8H,1-2,6,16H2. The number of nitrogens with two attached hydrogens (primary N) is 1. The molecular formula is C13H12BrFN2O. The second-order valence-corrected chi connectivity index (χ2v) is 5.45. The highest BCUT2D eigenvalue weighted by atomic mass is 79.9. The first-order chi connectivity index (χ1) is 8.61. The van der Waals surface area contributed by atoms with Crippen LogP contribution in [0.25, 0.3) is 10.9 Å². The lowest BCUT2D eigenvalue weighted by molar-refractivity contribution is 0.622. The Labute approximate surface area is 112 Å². The van der Waals surface area contributed by atoms with E-state index in [1.165, 1.54) is 12.1 Å². The second-order valence-electron chi connectivity index (χ2n) is 4.60. The third-order valence-electron chi connectivity index (χ3n) is 3.31. The van der Waals surface area contributed by atoms with Gasteiger partial charge < -0.3 is 10.3 Å². The molecule has 1 aromatic carbocycles. The van der Waals surface area contributed by atoms with Crippen molar-refractivity contribution in [2.24, 2.45) is 5.73 Å². The van der Waals surface area contributed by atoms with E-state index in [0.717, 1.165) is 23.7 Å². The van der Waals surface area contributed by atoms with Crippen molar-refractivity contribution in [1.29, 1.82) is 0 Å². The number of pyridine rings is 1. The molecule has 94 valence electrons. The van der Waals surface area contributed by atoms with E-state index >= 15 is 0 Å². The van der Waals surface area contributed by atoms with E-state index < -0.39 is 0 Å². The second kappa shape index (κ2) is 4.17. The van der Waals surface area contributed by atoms with Crippen molar-refractivity contribution in [2.45, 2.75) is 25.4 Å². The topological polar surface area (TPSA) is 48.0 Å². The highest BCUT2D eigenvalue weighted by Gasteiger charge is 2.27. The maximum absolute atomic E-state index is 13.6. The summed E-state index contributed by atoms with van der Waals surface area (Å²) in [6.07, 6.45) is 2.01. The normalized spacial score (nSPS) is 15.3. The van der Waals surface area contributed by atoms with Crippen LogP contribution in [0.3, 0.4) is 0 Å². The first-order valence-corrected chi connectivity index (χ1v) is 6.64. The quantitative estimate of drug-likeness (QED) is 0.927. The molecule has 5 heteroatoms. The average molecular weight is 311 g/mol. The Hall–Kier alpha value is -1.20. The fourth-order valence-corrected chi connectivity index (χ4v) is 2.62. The van der Waals surface area contributed by atoms with Gasteiger partial charge in [-0.15, -0.1) is 0 Å². The van der Waals surface area contributed by atoms with Crippen LogP contribution >= 0.6 is 15.9 Å². The van der Waals surface area contributed by atoms with Crippen LogP contribution in [0.1, 0.15) is 24.4 Å². The highest BCUT2D eigenvalue weighted by Crippen LogP contribution is 2.37. The molecule has 3 nitrogen and oxygen atoms in total. The fraction of sp³-hybridized carbons (Fsp3) is 0.308. The van der Waals surface area contributed by atoms with Crippen LogP contribution < -0.4 is 11.3 Å². The van der Waals surface area contributed by atoms with Gasteiger partial charge in [-0.2, -0.15) is 0 Å². The minimum Gasteiger partial charge on any atom is -0.326 e. The smallest absolute Gasteiger partial charge is 0.251 e. The Balaban J connectivity index is 2.44. The van der Waals surface area contributed by atoms with Crippen molar-refractivity contribution in [3.05, 3.63) is 44.4 Å². The number of halogens is 2. The monoisotopic (exact) mass is 310 g/mol. The van der Waals surface area contributed by atoms with Crippen LogP contribution in [0.2, 0.25) is 0 Å². The zero-order chi connectivity index (χ0) is 12.9. The van der Waals surface area contributed by atoms with Crippen LogP contribution in [0.5, 0.6) is 0 Å². The summed E-state index contributed by atoms with van der Waals surface area (Å²) in [5.41, 5.74) is 7.04. The van der Waals surface area contributed by atoms with E-state index in [-0.39, 0.29) is 24.0 Å². The van der Waals surface area contributed by atoms with Gasteiger partial charge in [-0.3, -0.25) is 4.79 Å². The zero-order valence-corrected chi connectivity index (χ0v) is 11.2. The van der Waals surface area contributed by atoms with Crippen molar-refractivity contribution in [1.82, 2.24) is 4.57 Å². The van der Waals surface area contributed by atoms with Gasteiger partial charge in [-0.1, -0.05) is 0 Å². The van der Waals surface area contributed by atoms with E-state index in [1.54, 1.807) is 10.6 Å². The molecule has 0 atom stereocenters. The molecular weight excluding hydrogens is 299 g/mol. The molecule has 18 heavy (non-hydrogen) atoms. The Morgan fingerprint density at radius 3 is 2.72 bits per heavy atom. The number of hydrogen-bond donors (Lipinski definition) is 1. The fourth-order valence-electron chi connectivity index (χ4n) is 2.29. The summed E-state index contributed by atoms with van der Waals surface area (Å²) in [6.45, 7) is 0.234. The third kappa shape index (κ3) is 1.78. The summed E-state index contributed by atoms with van der Waals surface area (Å²) >= 11 is 3.17. The van der Waals surface area contributed by atoms with Crippen molar-refractivity contribution in [3.8, 4) is 0 Å². The van der Waals surface area contributed by atoms with E-state index in [0.29, 0.717) is 10.0 Å². The number of fused-ring (bicyclic) bond motifs is 1. The van der Waals surface area contributed by atoms with E-state index in [9.17, 15) is 9.18 Å². The van der Waals surface area contributed by atoms with Crippen LogP contribution in [-0.4, -0.2) is 4.57 Å². The van der Waals surface area contributed by atoms with Crippen molar-refractivity contribution < 1.29 is 4.39 Å². The molecule has 0 saturated heterocycles. The zero-order valence-electron chi connectivity index (χ0n) is 9.62. The van der Waals surface area contributed by atoms with E-state index in [2.05, 4.69) is 15.9 Å². The molecule has 1 aliphatic rings. The van der Waals surface area contributed by atoms with Gasteiger partial charge in [0.15, 0.2) is 0 Å². The summed E-state index contributed by atoms with van der Waals surface area (Å²) < 4.78 is 15.8. The van der Waals surface area contributed by atoms with Gasteiger partial charge in [0.1, 0.15) is 5.82 Å². The van der Waals surface area contributed by atoms with Crippen LogP contribution in [-0.2, 0) is 6.54 Å². The van der Waals surface area contributed by atoms with Crippen molar-refractivity contribution in [3.63, 3.8) is 0 Å². The third-order valence-corrected chi connectivity index (χ3v) is 3.92. The van der Waals surface area contributed by atoms with Gasteiger partial charge in [0.05, 0.1) is 9.99 Å². The molecule has 0 amide bonds. The number of benzene rings is 1. The first kappa shape index (κ1) is 11.9. The SMILES string of the molecule is NCc1cc(=O)n(C2CC2)c2cc(Br)c(F)cc12. The molecule has 3 rings (SSSR count). The summed E-state index contributed by atoms with van der Waals surface area (Å²) in [4.78, 5) is 12.1. The Morgan fingerprint density at radius 1 is 1.39 bits per heavy atom. The Bertz CT molecular complexity index is 691. The molecule has 1 heterocycles. The molecule has 0 radical (unpaired) electrons. The van der Waals surface area contributed by atoms with Gasteiger partial charge in [0.2, 0.25) is 0 Å². The predicted molar refractivity (Wildman–Crippen MR) is 72.0 cm³/mol. The minimum absolute atomic E-state index is 0.0519. The average Bonchev–Trinajstić information content (AvgIpc) is 3.14. The molecule has 1 aliphatic carbocycles. The molecule has 1 saturated carbocycles. The first-order valence-electron chi connectivity index (χ1n) is 5.85. The van der Waals surface area contributed by atoms with Gasteiger partial charge in [-0.25, -0.2) is 4.39 Å². The lowest BCUT2D eigenvalue weighted by Crippen LogP contribution is -2.20. The van der Waals surface area contributed by atoms with Crippen molar-refractivity contribution in [2.75, 3.05) is 0 Å². The van der Waals surface area contributed by atoms with Crippen LogP contribution in [0, 0.1) is 5.82 Å². The van der Waals surface area contributed by atoms with Crippen molar-refractivity contribution >= 4 is 26.8 Å². The summed E-state index contributed by atoms with van der Waals surface area (Å²) in [7, 11) is 0. The predicted octanol–water partition coefficient (Wildman–Crippen LogP) is 2.70. The largest absolute Gasteiger partial charge is 0.326 e. The maximum Gasteiger partial charge on any atom is 0.251 e. The molecule has 0 unspecified atom stereocenters. The molecule has 2 aromatic rings. The molecule has 0 bridgehead atoms. The molecule has 1 fully saturated rings. The van der Waals surface area contributed by atoms with Crippen LogP contribution in [0.15, 0.2) is 27.5 Å². The van der Waals surface area contributed by atoms with Gasteiger partial charge in [0, 0.05) is 24.0 Å². The Morgan fingerprint density at radius 2 is 2.11 bits per heavy atom. The summed E-state index contributed by atoms with van der Waals surface area (Å²) in [5, 5.41) is 0.727. The van der Waals surface area contributed by atoms with E-state index in [1.807, 2.05) is 0 Å². The minimum atomic E-state index is -0.335. The Kier molecular flexibility index (Phi) is 2.75. The lowest BCUT2D eigenvalue weighted by Gasteiger charge is -2.12. The lowest BCUT2D eigenvalue weighted by atomic mass is 10.1. The number of aromatic nitrogens is 1. The molecule has 0 spiro atoms. The molecule has 1 aromatic heterocycles. The van der Waals surface area contributed by atoms with Gasteiger partial charge in [-0.05, 0) is 46.5 Å².